The highest BCUT2D eigenvalue weighted by molar-refractivity contribution is 7.91. The summed E-state index contributed by atoms with van der Waals surface area (Å²) in [5.74, 6) is -0.247. The van der Waals surface area contributed by atoms with Gasteiger partial charge in [-0.15, -0.1) is 0 Å². The van der Waals surface area contributed by atoms with Crippen molar-refractivity contribution in [2.45, 2.75) is 12.5 Å². The monoisotopic (exact) mass is 296 g/mol. The van der Waals surface area contributed by atoms with E-state index in [9.17, 15) is 12.8 Å². The number of halogens is 1. The van der Waals surface area contributed by atoms with Crippen LogP contribution in [0.4, 0.5) is 10.1 Å². The van der Waals surface area contributed by atoms with Gasteiger partial charge in [-0.05, 0) is 12.5 Å². The zero-order chi connectivity index (χ0) is 14.3. The van der Waals surface area contributed by atoms with Crippen LogP contribution in [0.15, 0.2) is 24.7 Å². The lowest BCUT2D eigenvalue weighted by atomic mass is 10.2. The third-order valence-electron chi connectivity index (χ3n) is 3.32. The van der Waals surface area contributed by atoms with Crippen LogP contribution in [0.1, 0.15) is 12.5 Å². The molecule has 0 radical (unpaired) electrons. The molecule has 1 aliphatic heterocycles. The van der Waals surface area contributed by atoms with Gasteiger partial charge in [0.15, 0.2) is 9.84 Å². The molecule has 2 aromatic heterocycles. The third-order valence-corrected chi connectivity index (χ3v) is 5.07. The second-order valence-electron chi connectivity index (χ2n) is 4.86. The van der Waals surface area contributed by atoms with Crippen molar-refractivity contribution in [1.29, 1.82) is 0 Å². The Balaban J connectivity index is 1.96. The molecule has 1 aliphatic rings. The van der Waals surface area contributed by atoms with Gasteiger partial charge in [-0.3, -0.25) is 9.67 Å². The Morgan fingerprint density at radius 2 is 2.20 bits per heavy atom. The number of pyridine rings is 1. The zero-order valence-electron chi connectivity index (χ0n) is 10.5. The molecular formula is C12H13FN4O2S. The van der Waals surface area contributed by atoms with Crippen molar-refractivity contribution in [3.8, 4) is 11.3 Å². The number of nitrogens with two attached hydrogens (primary N) is 1. The van der Waals surface area contributed by atoms with E-state index in [1.807, 2.05) is 0 Å². The molecule has 0 amide bonds. The van der Waals surface area contributed by atoms with Crippen molar-refractivity contribution >= 4 is 15.5 Å². The average molecular weight is 296 g/mol. The summed E-state index contributed by atoms with van der Waals surface area (Å²) in [4.78, 5) is 3.76. The SMILES string of the molecule is Nc1cn(C2CCS(=O)(=O)C2)nc1-c1cncc(F)c1. The van der Waals surface area contributed by atoms with Gasteiger partial charge in [-0.2, -0.15) is 5.10 Å². The number of rotatable bonds is 2. The number of sulfone groups is 1. The van der Waals surface area contributed by atoms with E-state index < -0.39 is 15.7 Å². The van der Waals surface area contributed by atoms with Crippen LogP contribution in [0.25, 0.3) is 11.3 Å². The lowest BCUT2D eigenvalue weighted by Crippen LogP contribution is -2.11. The molecule has 6 nitrogen and oxygen atoms in total. The third kappa shape index (κ3) is 2.38. The maximum absolute atomic E-state index is 13.2. The van der Waals surface area contributed by atoms with Crippen molar-refractivity contribution in [2.24, 2.45) is 0 Å². The summed E-state index contributed by atoms with van der Waals surface area (Å²) in [6, 6.07) is 1.08. The molecule has 106 valence electrons. The minimum Gasteiger partial charge on any atom is -0.396 e. The largest absolute Gasteiger partial charge is 0.396 e. The van der Waals surface area contributed by atoms with E-state index >= 15 is 0 Å². The predicted molar refractivity (Wildman–Crippen MR) is 72.1 cm³/mol. The molecule has 1 fully saturated rings. The highest BCUT2D eigenvalue weighted by atomic mass is 32.2. The molecule has 1 atom stereocenters. The second kappa shape index (κ2) is 4.55. The first kappa shape index (κ1) is 13.0. The van der Waals surface area contributed by atoms with Crippen LogP contribution in [0.5, 0.6) is 0 Å². The van der Waals surface area contributed by atoms with Crippen LogP contribution in [-0.4, -0.2) is 34.7 Å². The van der Waals surface area contributed by atoms with Crippen LogP contribution in [0.2, 0.25) is 0 Å². The summed E-state index contributed by atoms with van der Waals surface area (Å²) >= 11 is 0. The summed E-state index contributed by atoms with van der Waals surface area (Å²) < 4.78 is 37.7. The molecule has 0 bridgehead atoms. The van der Waals surface area contributed by atoms with E-state index in [1.54, 1.807) is 10.9 Å². The fraction of sp³-hybridized carbons (Fsp3) is 0.333. The minimum absolute atomic E-state index is 0.0644. The summed E-state index contributed by atoms with van der Waals surface area (Å²) in [6.45, 7) is 0. The first-order valence-electron chi connectivity index (χ1n) is 6.10. The predicted octanol–water partition coefficient (Wildman–Crippen LogP) is 1.03. The van der Waals surface area contributed by atoms with Gasteiger partial charge in [0.25, 0.3) is 0 Å². The van der Waals surface area contributed by atoms with E-state index in [1.165, 1.54) is 12.3 Å². The molecule has 3 heterocycles. The molecule has 0 aromatic carbocycles. The average Bonchev–Trinajstić information content (AvgIpc) is 2.92. The van der Waals surface area contributed by atoms with E-state index in [0.717, 1.165) is 6.20 Å². The molecule has 8 heteroatoms. The summed E-state index contributed by atoms with van der Waals surface area (Å²) in [6.07, 6.45) is 4.67. The topological polar surface area (TPSA) is 90.9 Å². The lowest BCUT2D eigenvalue weighted by Gasteiger charge is -2.07. The minimum atomic E-state index is -2.99. The molecule has 2 N–H and O–H groups in total. The number of hydrogen-bond donors (Lipinski definition) is 1. The van der Waals surface area contributed by atoms with Crippen molar-refractivity contribution < 1.29 is 12.8 Å². The maximum Gasteiger partial charge on any atom is 0.152 e. The number of hydrogen-bond acceptors (Lipinski definition) is 5. The number of nitrogens with zero attached hydrogens (tertiary/aromatic N) is 3. The van der Waals surface area contributed by atoms with Gasteiger partial charge in [0.05, 0.1) is 29.4 Å². The van der Waals surface area contributed by atoms with E-state index in [2.05, 4.69) is 10.1 Å². The Morgan fingerprint density at radius 1 is 1.40 bits per heavy atom. The van der Waals surface area contributed by atoms with Crippen molar-refractivity contribution in [3.05, 3.63) is 30.5 Å². The van der Waals surface area contributed by atoms with Crippen LogP contribution in [0, 0.1) is 5.82 Å². The Kier molecular flexibility index (Phi) is 2.97. The summed E-state index contributed by atoms with van der Waals surface area (Å²) in [5.41, 5.74) is 7.14. The van der Waals surface area contributed by atoms with Gasteiger partial charge in [0, 0.05) is 18.0 Å². The molecule has 0 aliphatic carbocycles. The normalized spacial score (nSPS) is 21.1. The Hall–Kier alpha value is -1.96. The van der Waals surface area contributed by atoms with Crippen LogP contribution >= 0.6 is 0 Å². The van der Waals surface area contributed by atoms with Gasteiger partial charge >= 0.3 is 0 Å². The summed E-state index contributed by atoms with van der Waals surface area (Å²) in [7, 11) is -2.99. The standard InChI is InChI=1S/C12H13FN4O2S/c13-9-3-8(4-15-5-9)12-11(14)6-17(16-12)10-1-2-20(18,19)7-10/h3-6,10H,1-2,7,14H2. The number of aromatic nitrogens is 3. The highest BCUT2D eigenvalue weighted by Gasteiger charge is 2.30. The van der Waals surface area contributed by atoms with Gasteiger partial charge in [0.1, 0.15) is 11.5 Å². The lowest BCUT2D eigenvalue weighted by molar-refractivity contribution is 0.501. The zero-order valence-corrected chi connectivity index (χ0v) is 11.3. The van der Waals surface area contributed by atoms with Gasteiger partial charge in [-0.1, -0.05) is 0 Å². The number of nitrogen functional groups attached to an aromatic ring is 1. The second-order valence-corrected chi connectivity index (χ2v) is 7.09. The smallest absolute Gasteiger partial charge is 0.152 e. The molecule has 3 rings (SSSR count). The first-order chi connectivity index (χ1) is 9.44. The van der Waals surface area contributed by atoms with Crippen LogP contribution < -0.4 is 5.73 Å². The highest BCUT2D eigenvalue weighted by Crippen LogP contribution is 2.29. The summed E-state index contributed by atoms with van der Waals surface area (Å²) in [5, 5.41) is 4.29. The maximum atomic E-state index is 13.2. The first-order valence-corrected chi connectivity index (χ1v) is 7.93. The fourth-order valence-corrected chi connectivity index (χ4v) is 4.05. The van der Waals surface area contributed by atoms with E-state index in [-0.39, 0.29) is 17.5 Å². The fourth-order valence-electron chi connectivity index (χ4n) is 2.34. The Labute approximate surface area is 115 Å². The quantitative estimate of drug-likeness (QED) is 0.893. The molecule has 1 saturated heterocycles. The van der Waals surface area contributed by atoms with Crippen molar-refractivity contribution in [2.75, 3.05) is 17.2 Å². The van der Waals surface area contributed by atoms with Gasteiger partial charge < -0.3 is 5.73 Å². The van der Waals surface area contributed by atoms with Crippen LogP contribution in [-0.2, 0) is 9.84 Å². The molecule has 20 heavy (non-hydrogen) atoms. The molecular weight excluding hydrogens is 283 g/mol. The van der Waals surface area contributed by atoms with E-state index in [0.29, 0.717) is 23.4 Å². The molecule has 1 unspecified atom stereocenters. The van der Waals surface area contributed by atoms with Crippen LogP contribution in [0.3, 0.4) is 0 Å². The molecule has 0 spiro atoms. The van der Waals surface area contributed by atoms with Gasteiger partial charge in [-0.25, -0.2) is 12.8 Å². The van der Waals surface area contributed by atoms with E-state index in [4.69, 9.17) is 5.73 Å². The van der Waals surface area contributed by atoms with Crippen molar-refractivity contribution in [3.63, 3.8) is 0 Å². The Morgan fingerprint density at radius 3 is 2.85 bits per heavy atom. The Bertz CT molecular complexity index is 757. The van der Waals surface area contributed by atoms with Crippen molar-refractivity contribution in [1.82, 2.24) is 14.8 Å². The molecule has 2 aromatic rings. The van der Waals surface area contributed by atoms with Gasteiger partial charge in [0.2, 0.25) is 0 Å². The number of anilines is 1. The molecule has 0 saturated carbocycles.